The molecule has 3 aromatic carbocycles. The number of ketones is 2. The van der Waals surface area contributed by atoms with E-state index in [0.29, 0.717) is 5.56 Å². The molecular weight excluding hydrogens is 367 g/mol. The van der Waals surface area contributed by atoms with Gasteiger partial charge in [-0.3, -0.25) is 9.59 Å². The van der Waals surface area contributed by atoms with Crippen molar-refractivity contribution in [1.82, 2.24) is 0 Å². The Bertz CT molecular complexity index is 1060. The lowest BCUT2D eigenvalue weighted by molar-refractivity contribution is -0.121. The zero-order valence-electron chi connectivity index (χ0n) is 15.6. The number of carbonyl (C=O) groups excluding carboxylic acids is 2. The van der Waals surface area contributed by atoms with Crippen molar-refractivity contribution in [1.29, 1.82) is 0 Å². The average Bonchev–Trinajstić information content (AvgIpc) is 2.72. The predicted molar refractivity (Wildman–Crippen MR) is 113 cm³/mol. The summed E-state index contributed by atoms with van der Waals surface area (Å²) in [5, 5.41) is 9.25. The number of rotatable bonds is 7. The number of hydrogen-bond donors (Lipinski definition) is 1. The van der Waals surface area contributed by atoms with Crippen molar-refractivity contribution in [2.75, 3.05) is 0 Å². The highest BCUT2D eigenvalue weighted by Crippen LogP contribution is 2.25. The van der Waals surface area contributed by atoms with Crippen LogP contribution in [-0.4, -0.2) is 16.7 Å². The first-order valence-electron chi connectivity index (χ1n) is 9.07. The van der Waals surface area contributed by atoms with Gasteiger partial charge in [0, 0.05) is 0 Å². The number of hydrogen-bond acceptors (Lipinski definition) is 3. The maximum atomic E-state index is 13.7. The number of allylic oxidation sites excluding steroid dienone is 2. The predicted octanol–water partition coefficient (Wildman–Crippen LogP) is 5.45. The van der Waals surface area contributed by atoms with Gasteiger partial charge in [-0.25, -0.2) is 4.39 Å². The molecule has 0 heterocycles. The minimum atomic E-state index is -0.398. The summed E-state index contributed by atoms with van der Waals surface area (Å²) in [4.78, 5) is 24.1. The fourth-order valence-electron chi connectivity index (χ4n) is 2.80. The summed E-state index contributed by atoms with van der Waals surface area (Å²) < 4.78 is 13.7. The van der Waals surface area contributed by atoms with E-state index in [2.05, 4.69) is 0 Å². The van der Waals surface area contributed by atoms with Crippen molar-refractivity contribution < 1.29 is 19.1 Å². The van der Waals surface area contributed by atoms with Crippen molar-refractivity contribution in [2.45, 2.75) is 6.42 Å². The number of carbonyl (C=O) groups is 2. The van der Waals surface area contributed by atoms with Crippen molar-refractivity contribution in [3.63, 3.8) is 0 Å². The SMILES string of the molecule is O=C(C=Cc1ccc(O)cc1)CC(=O)C=Cc1cc(F)ccc1-c1ccccc1. The minimum Gasteiger partial charge on any atom is -0.508 e. The zero-order chi connectivity index (χ0) is 20.6. The monoisotopic (exact) mass is 386 g/mol. The largest absolute Gasteiger partial charge is 0.508 e. The maximum absolute atomic E-state index is 13.7. The number of aromatic hydroxyl groups is 1. The summed E-state index contributed by atoms with van der Waals surface area (Å²) in [5.74, 6) is -0.963. The zero-order valence-corrected chi connectivity index (χ0v) is 15.6. The van der Waals surface area contributed by atoms with E-state index in [4.69, 9.17) is 0 Å². The van der Waals surface area contributed by atoms with Crippen LogP contribution in [0.25, 0.3) is 23.3 Å². The Hall–Kier alpha value is -3.79. The molecule has 0 saturated carbocycles. The molecule has 1 N–H and O–H groups in total. The van der Waals surface area contributed by atoms with Crippen LogP contribution in [0.3, 0.4) is 0 Å². The summed E-state index contributed by atoms with van der Waals surface area (Å²) >= 11 is 0. The summed E-state index contributed by atoms with van der Waals surface area (Å²) in [6, 6.07) is 20.2. The summed E-state index contributed by atoms with van der Waals surface area (Å²) in [7, 11) is 0. The van der Waals surface area contributed by atoms with Gasteiger partial charge in [-0.2, -0.15) is 0 Å². The van der Waals surface area contributed by atoms with Crippen LogP contribution in [0.4, 0.5) is 4.39 Å². The molecule has 4 heteroatoms. The number of benzene rings is 3. The molecule has 29 heavy (non-hydrogen) atoms. The fraction of sp³-hybridized carbons (Fsp3) is 0.0400. The molecule has 0 unspecified atom stereocenters. The standard InChI is InChI=1S/C25H19FO3/c26-21-10-15-25(19-4-2-1-3-5-19)20(16-21)9-14-24(29)17-23(28)13-8-18-6-11-22(27)12-7-18/h1-16,27H,17H2. The number of phenolic OH excluding ortho intramolecular Hbond substituents is 1. The van der Waals surface area contributed by atoms with Crippen molar-refractivity contribution >= 4 is 23.7 Å². The van der Waals surface area contributed by atoms with Crippen LogP contribution < -0.4 is 0 Å². The van der Waals surface area contributed by atoms with Gasteiger partial charge in [-0.05, 0) is 58.7 Å². The van der Waals surface area contributed by atoms with E-state index in [0.717, 1.165) is 16.7 Å². The Labute approximate surface area is 168 Å². The highest BCUT2D eigenvalue weighted by molar-refractivity contribution is 6.11. The van der Waals surface area contributed by atoms with Gasteiger partial charge in [-0.1, -0.05) is 60.7 Å². The lowest BCUT2D eigenvalue weighted by Gasteiger charge is -2.06. The molecule has 0 radical (unpaired) electrons. The van der Waals surface area contributed by atoms with Gasteiger partial charge in [-0.15, -0.1) is 0 Å². The van der Waals surface area contributed by atoms with Crippen molar-refractivity contribution in [2.24, 2.45) is 0 Å². The molecule has 144 valence electrons. The molecule has 0 aromatic heterocycles. The van der Waals surface area contributed by atoms with Gasteiger partial charge in [0.2, 0.25) is 0 Å². The topological polar surface area (TPSA) is 54.4 Å². The molecule has 3 rings (SSSR count). The number of halogens is 1. The normalized spacial score (nSPS) is 11.2. The highest BCUT2D eigenvalue weighted by atomic mass is 19.1. The van der Waals surface area contributed by atoms with Gasteiger partial charge in [0.25, 0.3) is 0 Å². The van der Waals surface area contributed by atoms with Crippen LogP contribution in [-0.2, 0) is 9.59 Å². The Morgan fingerprint density at radius 3 is 2.17 bits per heavy atom. The first-order chi connectivity index (χ1) is 14.0. The smallest absolute Gasteiger partial charge is 0.163 e. The second kappa shape index (κ2) is 9.42. The van der Waals surface area contributed by atoms with Crippen LogP contribution >= 0.6 is 0 Å². The minimum absolute atomic E-state index is 0.140. The molecule has 3 aromatic rings. The first-order valence-corrected chi connectivity index (χ1v) is 9.07. The molecule has 0 aliphatic carbocycles. The van der Waals surface area contributed by atoms with Gasteiger partial charge >= 0.3 is 0 Å². The van der Waals surface area contributed by atoms with Crippen LogP contribution in [0.5, 0.6) is 5.75 Å². The first kappa shape index (κ1) is 20.0. The molecule has 0 spiro atoms. The van der Waals surface area contributed by atoms with E-state index in [9.17, 15) is 19.1 Å². The van der Waals surface area contributed by atoms with Crippen LogP contribution in [0.2, 0.25) is 0 Å². The van der Waals surface area contributed by atoms with Crippen LogP contribution in [0.15, 0.2) is 84.9 Å². The quantitative estimate of drug-likeness (QED) is 0.434. The molecule has 0 saturated heterocycles. The van der Waals surface area contributed by atoms with Gasteiger partial charge in [0.15, 0.2) is 11.6 Å². The number of phenols is 1. The Morgan fingerprint density at radius 2 is 1.48 bits per heavy atom. The van der Waals surface area contributed by atoms with E-state index in [1.807, 2.05) is 30.3 Å². The van der Waals surface area contributed by atoms with Crippen LogP contribution in [0, 0.1) is 5.82 Å². The highest BCUT2D eigenvalue weighted by Gasteiger charge is 2.07. The van der Waals surface area contributed by atoms with E-state index >= 15 is 0 Å². The summed E-state index contributed by atoms with van der Waals surface area (Å²) in [6.07, 6.45) is 5.47. The third-order valence-corrected chi connectivity index (χ3v) is 4.25. The van der Waals surface area contributed by atoms with Gasteiger partial charge in [0.1, 0.15) is 11.6 Å². The Morgan fingerprint density at radius 1 is 0.828 bits per heavy atom. The lowest BCUT2D eigenvalue weighted by Crippen LogP contribution is -2.02. The fourth-order valence-corrected chi connectivity index (χ4v) is 2.80. The third kappa shape index (κ3) is 5.84. The molecule has 0 fully saturated rings. The molecule has 0 atom stereocenters. The van der Waals surface area contributed by atoms with E-state index in [-0.39, 0.29) is 23.7 Å². The van der Waals surface area contributed by atoms with E-state index in [1.54, 1.807) is 24.3 Å². The van der Waals surface area contributed by atoms with Gasteiger partial charge in [0.05, 0.1) is 6.42 Å². The van der Waals surface area contributed by atoms with Crippen molar-refractivity contribution in [3.05, 3.63) is 102 Å². The Balaban J connectivity index is 1.68. The summed E-state index contributed by atoms with van der Waals surface area (Å²) in [5.41, 5.74) is 3.02. The van der Waals surface area contributed by atoms with Gasteiger partial charge < -0.3 is 5.11 Å². The van der Waals surface area contributed by atoms with Crippen molar-refractivity contribution in [3.8, 4) is 16.9 Å². The lowest BCUT2D eigenvalue weighted by atomic mass is 9.99. The second-order valence-electron chi connectivity index (χ2n) is 6.47. The summed E-state index contributed by atoms with van der Waals surface area (Å²) in [6.45, 7) is 0. The third-order valence-electron chi connectivity index (χ3n) is 4.25. The average molecular weight is 386 g/mol. The molecular formula is C25H19FO3. The molecule has 0 amide bonds. The van der Waals surface area contributed by atoms with Crippen LogP contribution in [0.1, 0.15) is 17.5 Å². The molecule has 3 nitrogen and oxygen atoms in total. The second-order valence-corrected chi connectivity index (χ2v) is 6.47. The molecule has 0 bridgehead atoms. The molecule has 0 aliphatic rings. The van der Waals surface area contributed by atoms with E-state index in [1.165, 1.54) is 42.5 Å². The molecule has 0 aliphatic heterocycles. The maximum Gasteiger partial charge on any atom is 0.163 e. The Kier molecular flexibility index (Phi) is 6.48. The van der Waals surface area contributed by atoms with E-state index < -0.39 is 5.82 Å².